The zero-order valence-electron chi connectivity index (χ0n) is 11.4. The van der Waals surface area contributed by atoms with Crippen molar-refractivity contribution in [1.82, 2.24) is 0 Å². The van der Waals surface area contributed by atoms with Gasteiger partial charge in [0.25, 0.3) is 0 Å². The molecule has 2 N–H and O–H groups in total. The minimum Gasteiger partial charge on any atom is -0.478 e. The fourth-order valence-corrected chi connectivity index (χ4v) is 2.41. The summed E-state index contributed by atoms with van der Waals surface area (Å²) in [5.41, 5.74) is 1.50. The average Bonchev–Trinajstić information content (AvgIpc) is 2.41. The zero-order chi connectivity index (χ0) is 15.4. The summed E-state index contributed by atoms with van der Waals surface area (Å²) in [4.78, 5) is 11.3. The van der Waals surface area contributed by atoms with E-state index in [-0.39, 0.29) is 22.4 Å². The van der Waals surface area contributed by atoms with Gasteiger partial charge in [0.15, 0.2) is 0 Å². The molecule has 0 aliphatic heterocycles. The van der Waals surface area contributed by atoms with Crippen LogP contribution >= 0.6 is 11.6 Å². The number of aromatic carboxylic acids is 1. The Bertz CT molecular complexity index is 643. The van der Waals surface area contributed by atoms with E-state index in [0.717, 1.165) is 5.56 Å². The number of carbonyl (C=O) groups is 1. The molecule has 0 heterocycles. The number of benzene rings is 2. The Balaban J connectivity index is 2.13. The van der Waals surface area contributed by atoms with Gasteiger partial charge in [0.2, 0.25) is 0 Å². The number of halogens is 2. The lowest BCUT2D eigenvalue weighted by Crippen LogP contribution is -2.20. The highest BCUT2D eigenvalue weighted by Gasteiger charge is 2.15. The van der Waals surface area contributed by atoms with Crippen molar-refractivity contribution >= 4 is 23.3 Å². The van der Waals surface area contributed by atoms with E-state index < -0.39 is 5.97 Å². The SMILES string of the molecule is CC(Cc1ccc(F)cc1)Nc1cccc(Cl)c1C(=O)O. The molecule has 2 aromatic rings. The van der Waals surface area contributed by atoms with Gasteiger partial charge < -0.3 is 10.4 Å². The summed E-state index contributed by atoms with van der Waals surface area (Å²) in [6, 6.07) is 11.1. The maximum absolute atomic E-state index is 12.9. The van der Waals surface area contributed by atoms with Crippen molar-refractivity contribution in [3.63, 3.8) is 0 Å². The fraction of sp³-hybridized carbons (Fsp3) is 0.188. The van der Waals surface area contributed by atoms with Crippen LogP contribution in [0.3, 0.4) is 0 Å². The zero-order valence-corrected chi connectivity index (χ0v) is 12.2. The maximum Gasteiger partial charge on any atom is 0.339 e. The molecule has 0 saturated heterocycles. The van der Waals surface area contributed by atoms with E-state index >= 15 is 0 Å². The van der Waals surface area contributed by atoms with Crippen LogP contribution < -0.4 is 5.32 Å². The van der Waals surface area contributed by atoms with E-state index in [0.29, 0.717) is 12.1 Å². The lowest BCUT2D eigenvalue weighted by molar-refractivity contribution is 0.0698. The summed E-state index contributed by atoms with van der Waals surface area (Å²) in [5, 5.41) is 12.5. The van der Waals surface area contributed by atoms with Crippen LogP contribution in [0, 0.1) is 5.82 Å². The number of hydrogen-bond donors (Lipinski definition) is 2. The van der Waals surface area contributed by atoms with Gasteiger partial charge in [0.05, 0.1) is 10.7 Å². The van der Waals surface area contributed by atoms with Crippen LogP contribution in [0.25, 0.3) is 0 Å². The summed E-state index contributed by atoms with van der Waals surface area (Å²) >= 11 is 5.92. The van der Waals surface area contributed by atoms with E-state index in [4.69, 9.17) is 11.6 Å². The van der Waals surface area contributed by atoms with E-state index in [9.17, 15) is 14.3 Å². The molecule has 1 atom stereocenters. The van der Waals surface area contributed by atoms with Crippen LogP contribution in [0.15, 0.2) is 42.5 Å². The van der Waals surface area contributed by atoms with Crippen LogP contribution in [-0.2, 0) is 6.42 Å². The van der Waals surface area contributed by atoms with Crippen LogP contribution in [0.4, 0.5) is 10.1 Å². The molecule has 0 amide bonds. The number of carboxylic acid groups (broad SMARTS) is 1. The van der Waals surface area contributed by atoms with Gasteiger partial charge in [-0.05, 0) is 43.2 Å². The standard InChI is InChI=1S/C16H15ClFNO2/c1-10(9-11-5-7-12(18)8-6-11)19-14-4-2-3-13(17)15(14)16(20)21/h2-8,10,19H,9H2,1H3,(H,20,21). The van der Waals surface area contributed by atoms with Gasteiger partial charge in [-0.3, -0.25) is 0 Å². The number of anilines is 1. The molecule has 0 aliphatic rings. The van der Waals surface area contributed by atoms with Crippen molar-refractivity contribution in [2.75, 3.05) is 5.32 Å². The first-order valence-electron chi connectivity index (χ1n) is 6.50. The number of rotatable bonds is 5. The fourth-order valence-electron chi connectivity index (χ4n) is 2.15. The molecule has 0 spiro atoms. The Morgan fingerprint density at radius 3 is 2.57 bits per heavy atom. The highest BCUT2D eigenvalue weighted by molar-refractivity contribution is 6.34. The first kappa shape index (κ1) is 15.3. The predicted octanol–water partition coefficient (Wildman–Crippen LogP) is 4.22. The van der Waals surface area contributed by atoms with Gasteiger partial charge in [0, 0.05) is 6.04 Å². The molecule has 2 rings (SSSR count). The van der Waals surface area contributed by atoms with Crippen molar-refractivity contribution in [2.45, 2.75) is 19.4 Å². The summed E-state index contributed by atoms with van der Waals surface area (Å²) in [5.74, 6) is -1.35. The molecule has 0 radical (unpaired) electrons. The van der Waals surface area contributed by atoms with Gasteiger partial charge in [-0.1, -0.05) is 29.8 Å². The smallest absolute Gasteiger partial charge is 0.339 e. The Hall–Kier alpha value is -2.07. The second-order valence-corrected chi connectivity index (χ2v) is 5.25. The Kier molecular flexibility index (Phi) is 4.81. The van der Waals surface area contributed by atoms with Gasteiger partial charge in [0.1, 0.15) is 11.4 Å². The van der Waals surface area contributed by atoms with Crippen LogP contribution in [0.5, 0.6) is 0 Å². The van der Waals surface area contributed by atoms with E-state index in [1.165, 1.54) is 12.1 Å². The monoisotopic (exact) mass is 307 g/mol. The van der Waals surface area contributed by atoms with Gasteiger partial charge in [-0.15, -0.1) is 0 Å². The van der Waals surface area contributed by atoms with Crippen molar-refractivity contribution in [3.05, 3.63) is 64.4 Å². The van der Waals surface area contributed by atoms with E-state index in [2.05, 4.69) is 5.32 Å². The van der Waals surface area contributed by atoms with E-state index in [1.807, 2.05) is 6.92 Å². The minimum absolute atomic E-state index is 0.0213. The van der Waals surface area contributed by atoms with Crippen molar-refractivity contribution in [2.24, 2.45) is 0 Å². The number of hydrogen-bond acceptors (Lipinski definition) is 2. The maximum atomic E-state index is 12.9. The van der Waals surface area contributed by atoms with Crippen LogP contribution in [0.2, 0.25) is 5.02 Å². The summed E-state index contributed by atoms with van der Waals surface area (Å²) in [6.07, 6.45) is 0.645. The van der Waals surface area contributed by atoms with Crippen molar-refractivity contribution < 1.29 is 14.3 Å². The van der Waals surface area contributed by atoms with Gasteiger partial charge in [-0.2, -0.15) is 0 Å². The minimum atomic E-state index is -1.07. The molecule has 3 nitrogen and oxygen atoms in total. The molecule has 110 valence electrons. The van der Waals surface area contributed by atoms with Crippen LogP contribution in [0.1, 0.15) is 22.8 Å². The third kappa shape index (κ3) is 3.95. The average molecular weight is 308 g/mol. The summed E-state index contributed by atoms with van der Waals surface area (Å²) < 4.78 is 12.9. The molecule has 2 aromatic carbocycles. The quantitative estimate of drug-likeness (QED) is 0.869. The largest absolute Gasteiger partial charge is 0.478 e. The topological polar surface area (TPSA) is 49.3 Å². The molecule has 21 heavy (non-hydrogen) atoms. The Morgan fingerprint density at radius 2 is 1.95 bits per heavy atom. The molecule has 1 unspecified atom stereocenters. The molecule has 5 heteroatoms. The first-order valence-corrected chi connectivity index (χ1v) is 6.88. The Morgan fingerprint density at radius 1 is 1.29 bits per heavy atom. The molecular formula is C16H15ClFNO2. The predicted molar refractivity (Wildman–Crippen MR) is 81.6 cm³/mol. The third-order valence-electron chi connectivity index (χ3n) is 3.08. The normalized spacial score (nSPS) is 12.0. The number of carboxylic acids is 1. The van der Waals surface area contributed by atoms with Gasteiger partial charge >= 0.3 is 5.97 Å². The molecule has 0 bridgehead atoms. The lowest BCUT2D eigenvalue weighted by atomic mass is 10.1. The molecule has 0 aliphatic carbocycles. The Labute approximate surface area is 127 Å². The van der Waals surface area contributed by atoms with Crippen LogP contribution in [-0.4, -0.2) is 17.1 Å². The third-order valence-corrected chi connectivity index (χ3v) is 3.40. The second kappa shape index (κ2) is 6.59. The lowest BCUT2D eigenvalue weighted by Gasteiger charge is -2.17. The number of nitrogens with one attached hydrogen (secondary N) is 1. The summed E-state index contributed by atoms with van der Waals surface area (Å²) in [7, 11) is 0. The molecule has 0 aromatic heterocycles. The molecular weight excluding hydrogens is 293 g/mol. The molecule has 0 fully saturated rings. The van der Waals surface area contributed by atoms with Gasteiger partial charge in [-0.25, -0.2) is 9.18 Å². The van der Waals surface area contributed by atoms with E-state index in [1.54, 1.807) is 30.3 Å². The van der Waals surface area contributed by atoms with Crippen molar-refractivity contribution in [1.29, 1.82) is 0 Å². The highest BCUT2D eigenvalue weighted by atomic mass is 35.5. The summed E-state index contributed by atoms with van der Waals surface area (Å²) in [6.45, 7) is 1.93. The highest BCUT2D eigenvalue weighted by Crippen LogP contribution is 2.25. The first-order chi connectivity index (χ1) is 9.97. The van der Waals surface area contributed by atoms with Crippen molar-refractivity contribution in [3.8, 4) is 0 Å². The second-order valence-electron chi connectivity index (χ2n) is 4.84. The molecule has 0 saturated carbocycles.